The molecule has 5 heteroatoms. The minimum atomic E-state index is -1.06. The van der Waals surface area contributed by atoms with Crippen molar-refractivity contribution < 1.29 is 19.4 Å². The van der Waals surface area contributed by atoms with E-state index in [4.69, 9.17) is 15.6 Å². The summed E-state index contributed by atoms with van der Waals surface area (Å²) < 4.78 is 4.75. The zero-order chi connectivity index (χ0) is 12.1. The molecule has 1 aromatic rings. The molecule has 0 bridgehead atoms. The monoisotopic (exact) mass is 223 g/mol. The van der Waals surface area contributed by atoms with Gasteiger partial charge in [-0.3, -0.25) is 0 Å². The van der Waals surface area contributed by atoms with Crippen LogP contribution in [0.5, 0.6) is 0 Å². The van der Waals surface area contributed by atoms with Crippen LogP contribution in [0.1, 0.15) is 28.9 Å². The maximum absolute atomic E-state index is 11.3. The van der Waals surface area contributed by atoms with Crippen LogP contribution in [0.25, 0.3) is 0 Å². The molecule has 1 unspecified atom stereocenters. The van der Waals surface area contributed by atoms with Gasteiger partial charge in [0.2, 0.25) is 0 Å². The van der Waals surface area contributed by atoms with Crippen LogP contribution in [0, 0.1) is 0 Å². The summed E-state index contributed by atoms with van der Waals surface area (Å²) >= 11 is 0. The van der Waals surface area contributed by atoms with E-state index in [1.165, 1.54) is 18.2 Å². The number of esters is 1. The molecule has 0 amide bonds. The van der Waals surface area contributed by atoms with Gasteiger partial charge in [0.1, 0.15) is 6.04 Å². The number of nitrogens with two attached hydrogens (primary N) is 1. The number of carboxylic acid groups (broad SMARTS) is 1. The fraction of sp³-hybridized carbons (Fsp3) is 0.273. The van der Waals surface area contributed by atoms with E-state index in [2.05, 4.69) is 0 Å². The summed E-state index contributed by atoms with van der Waals surface area (Å²) in [4.78, 5) is 22.0. The molecular formula is C11H13NO4. The van der Waals surface area contributed by atoms with E-state index in [0.29, 0.717) is 5.56 Å². The van der Waals surface area contributed by atoms with Gasteiger partial charge >= 0.3 is 11.9 Å². The van der Waals surface area contributed by atoms with Crippen LogP contribution in [0.3, 0.4) is 0 Å². The Morgan fingerprint density at radius 3 is 2.75 bits per heavy atom. The number of ether oxygens (including phenoxy) is 1. The predicted molar refractivity (Wildman–Crippen MR) is 57.0 cm³/mol. The molecule has 0 heterocycles. The molecule has 16 heavy (non-hydrogen) atoms. The first-order valence-electron chi connectivity index (χ1n) is 4.81. The van der Waals surface area contributed by atoms with Crippen molar-refractivity contribution in [3.8, 4) is 0 Å². The standard InChI is InChI=1S/C11H13NO4/c1-2-16-11(15)9(12)7-4-3-5-8(6-7)10(13)14/h3-6,9H,2,12H2,1H3,(H,13,14). The zero-order valence-corrected chi connectivity index (χ0v) is 8.84. The van der Waals surface area contributed by atoms with E-state index >= 15 is 0 Å². The van der Waals surface area contributed by atoms with E-state index in [0.717, 1.165) is 0 Å². The van der Waals surface area contributed by atoms with Gasteiger partial charge in [0.15, 0.2) is 0 Å². The van der Waals surface area contributed by atoms with Crippen LogP contribution >= 0.6 is 0 Å². The predicted octanol–water partition coefficient (Wildman–Crippen LogP) is 0.948. The highest BCUT2D eigenvalue weighted by molar-refractivity contribution is 5.88. The summed E-state index contributed by atoms with van der Waals surface area (Å²) in [5.74, 6) is -1.62. The summed E-state index contributed by atoms with van der Waals surface area (Å²) in [6.07, 6.45) is 0. The van der Waals surface area contributed by atoms with Gasteiger partial charge in [-0.05, 0) is 24.6 Å². The molecule has 1 rings (SSSR count). The Morgan fingerprint density at radius 2 is 2.19 bits per heavy atom. The van der Waals surface area contributed by atoms with Crippen molar-refractivity contribution in [1.82, 2.24) is 0 Å². The number of hydrogen-bond acceptors (Lipinski definition) is 4. The Hall–Kier alpha value is -1.88. The fourth-order valence-electron chi connectivity index (χ4n) is 1.23. The molecule has 1 atom stereocenters. The molecule has 0 aliphatic carbocycles. The van der Waals surface area contributed by atoms with E-state index in [1.54, 1.807) is 13.0 Å². The summed E-state index contributed by atoms with van der Waals surface area (Å²) in [5, 5.41) is 8.78. The molecule has 86 valence electrons. The molecule has 0 aliphatic rings. The molecule has 0 aromatic heterocycles. The van der Waals surface area contributed by atoms with Crippen molar-refractivity contribution in [3.63, 3.8) is 0 Å². The van der Waals surface area contributed by atoms with Crippen molar-refractivity contribution in [2.45, 2.75) is 13.0 Å². The van der Waals surface area contributed by atoms with Gasteiger partial charge in [0.25, 0.3) is 0 Å². The molecule has 1 aromatic carbocycles. The minimum absolute atomic E-state index is 0.0947. The molecule has 3 N–H and O–H groups in total. The Labute approximate surface area is 92.8 Å². The highest BCUT2D eigenvalue weighted by atomic mass is 16.5. The Kier molecular flexibility index (Phi) is 4.02. The minimum Gasteiger partial charge on any atom is -0.478 e. The second kappa shape index (κ2) is 5.27. The van der Waals surface area contributed by atoms with E-state index in [1.807, 2.05) is 0 Å². The van der Waals surface area contributed by atoms with Crippen molar-refractivity contribution in [1.29, 1.82) is 0 Å². The highest BCUT2D eigenvalue weighted by Gasteiger charge is 2.17. The lowest BCUT2D eigenvalue weighted by molar-refractivity contribution is -0.144. The van der Waals surface area contributed by atoms with Crippen LogP contribution in [0.15, 0.2) is 24.3 Å². The Bertz CT molecular complexity index is 403. The topological polar surface area (TPSA) is 89.6 Å². The third-order valence-corrected chi connectivity index (χ3v) is 2.03. The van der Waals surface area contributed by atoms with Gasteiger partial charge in [0.05, 0.1) is 12.2 Å². The third kappa shape index (κ3) is 2.80. The largest absolute Gasteiger partial charge is 0.478 e. The first-order chi connectivity index (χ1) is 7.56. The van der Waals surface area contributed by atoms with Crippen LogP contribution in [-0.4, -0.2) is 23.7 Å². The molecule has 0 saturated carbocycles. The van der Waals surface area contributed by atoms with Gasteiger partial charge in [-0.2, -0.15) is 0 Å². The summed E-state index contributed by atoms with van der Waals surface area (Å²) in [6.45, 7) is 1.92. The van der Waals surface area contributed by atoms with Crippen LogP contribution < -0.4 is 5.73 Å². The van der Waals surface area contributed by atoms with Crippen LogP contribution in [0.4, 0.5) is 0 Å². The average Bonchev–Trinajstić information content (AvgIpc) is 2.28. The Morgan fingerprint density at radius 1 is 1.50 bits per heavy atom. The van der Waals surface area contributed by atoms with Gasteiger partial charge < -0.3 is 15.6 Å². The quantitative estimate of drug-likeness (QED) is 0.741. The molecular weight excluding hydrogens is 210 g/mol. The fourth-order valence-corrected chi connectivity index (χ4v) is 1.23. The summed E-state index contributed by atoms with van der Waals surface area (Å²) in [7, 11) is 0. The lowest BCUT2D eigenvalue weighted by Gasteiger charge is -2.11. The maximum atomic E-state index is 11.3. The normalized spacial score (nSPS) is 11.9. The first-order valence-corrected chi connectivity index (χ1v) is 4.81. The zero-order valence-electron chi connectivity index (χ0n) is 8.84. The van der Waals surface area contributed by atoms with Crippen molar-refractivity contribution in [3.05, 3.63) is 35.4 Å². The number of carbonyl (C=O) groups excluding carboxylic acids is 1. The Balaban J connectivity index is 2.91. The lowest BCUT2D eigenvalue weighted by Crippen LogP contribution is -2.23. The number of aromatic carboxylic acids is 1. The molecule has 0 fully saturated rings. The number of carboxylic acids is 1. The number of benzene rings is 1. The van der Waals surface area contributed by atoms with Gasteiger partial charge in [-0.15, -0.1) is 0 Å². The second-order valence-electron chi connectivity index (χ2n) is 3.16. The van der Waals surface area contributed by atoms with Crippen molar-refractivity contribution in [2.75, 3.05) is 6.61 Å². The molecule has 0 aliphatic heterocycles. The van der Waals surface area contributed by atoms with Gasteiger partial charge in [-0.1, -0.05) is 12.1 Å². The molecule has 0 spiro atoms. The SMILES string of the molecule is CCOC(=O)C(N)c1cccc(C(=O)O)c1. The van der Waals surface area contributed by atoms with E-state index < -0.39 is 18.0 Å². The molecule has 0 saturated heterocycles. The first kappa shape index (κ1) is 12.2. The highest BCUT2D eigenvalue weighted by Crippen LogP contribution is 2.14. The maximum Gasteiger partial charge on any atom is 0.335 e. The summed E-state index contributed by atoms with van der Waals surface area (Å²) in [5.41, 5.74) is 6.15. The lowest BCUT2D eigenvalue weighted by atomic mass is 10.0. The van der Waals surface area contributed by atoms with Crippen LogP contribution in [-0.2, 0) is 9.53 Å². The number of rotatable bonds is 4. The van der Waals surface area contributed by atoms with Crippen molar-refractivity contribution >= 4 is 11.9 Å². The molecule has 0 radical (unpaired) electrons. The van der Waals surface area contributed by atoms with Crippen molar-refractivity contribution in [2.24, 2.45) is 5.73 Å². The van der Waals surface area contributed by atoms with Gasteiger partial charge in [0, 0.05) is 0 Å². The second-order valence-corrected chi connectivity index (χ2v) is 3.16. The third-order valence-electron chi connectivity index (χ3n) is 2.03. The van der Waals surface area contributed by atoms with E-state index in [9.17, 15) is 9.59 Å². The van der Waals surface area contributed by atoms with Crippen LogP contribution in [0.2, 0.25) is 0 Å². The molecule has 5 nitrogen and oxygen atoms in total. The smallest absolute Gasteiger partial charge is 0.335 e. The number of carbonyl (C=O) groups is 2. The van der Waals surface area contributed by atoms with Gasteiger partial charge in [-0.25, -0.2) is 9.59 Å². The average molecular weight is 223 g/mol. The summed E-state index contributed by atoms with van der Waals surface area (Å²) in [6, 6.07) is 4.98. The number of hydrogen-bond donors (Lipinski definition) is 2. The van der Waals surface area contributed by atoms with E-state index in [-0.39, 0.29) is 12.2 Å².